The maximum Gasteiger partial charge on any atom is 0.326 e. The van der Waals surface area contributed by atoms with Gasteiger partial charge in [-0.05, 0) is 18.3 Å². The third-order valence-corrected chi connectivity index (χ3v) is 3.56. The molecule has 0 heterocycles. The molecule has 0 aromatic carbocycles. The minimum atomic E-state index is -1.28. The SMILES string of the molecule is CC(C)C(N)C(=O)NC(C(=O)NC(CCC(N)=O)C(=O)O)C(C)C. The first-order valence-corrected chi connectivity index (χ1v) is 7.84. The van der Waals surface area contributed by atoms with E-state index in [1.54, 1.807) is 27.7 Å². The number of carboxylic acid groups (broad SMARTS) is 1. The number of hydrogen-bond acceptors (Lipinski definition) is 5. The Morgan fingerprint density at radius 3 is 1.88 bits per heavy atom. The van der Waals surface area contributed by atoms with Gasteiger partial charge >= 0.3 is 5.97 Å². The molecule has 3 amide bonds. The lowest BCUT2D eigenvalue weighted by Crippen LogP contribution is -2.57. The molecule has 9 nitrogen and oxygen atoms in total. The Morgan fingerprint density at radius 2 is 1.50 bits per heavy atom. The van der Waals surface area contributed by atoms with Crippen molar-refractivity contribution in [2.75, 3.05) is 0 Å². The van der Waals surface area contributed by atoms with Gasteiger partial charge in [0.15, 0.2) is 0 Å². The molecule has 3 unspecified atom stereocenters. The standard InChI is InChI=1S/C15H28N4O5/c1-7(2)11(17)13(21)19-12(8(3)4)14(22)18-9(15(23)24)5-6-10(16)20/h7-9,11-12H,5-6,17H2,1-4H3,(H2,16,20)(H,18,22)(H,19,21)(H,23,24). The quantitative estimate of drug-likeness (QED) is 0.339. The fourth-order valence-electron chi connectivity index (χ4n) is 1.89. The van der Waals surface area contributed by atoms with Gasteiger partial charge in [0.2, 0.25) is 17.7 Å². The zero-order chi connectivity index (χ0) is 19.0. The third kappa shape index (κ3) is 7.40. The number of hydrogen-bond donors (Lipinski definition) is 5. The Hall–Kier alpha value is -2.16. The number of amides is 3. The van der Waals surface area contributed by atoms with Crippen LogP contribution in [0.2, 0.25) is 0 Å². The minimum Gasteiger partial charge on any atom is -0.480 e. The van der Waals surface area contributed by atoms with Crippen LogP contribution in [0.1, 0.15) is 40.5 Å². The van der Waals surface area contributed by atoms with Crippen LogP contribution in [0.5, 0.6) is 0 Å². The summed E-state index contributed by atoms with van der Waals surface area (Å²) in [5, 5.41) is 14.0. The summed E-state index contributed by atoms with van der Waals surface area (Å²) in [6, 6.07) is -2.97. The Labute approximate surface area is 141 Å². The van der Waals surface area contributed by atoms with E-state index in [9.17, 15) is 19.2 Å². The molecule has 0 aliphatic carbocycles. The monoisotopic (exact) mass is 344 g/mol. The van der Waals surface area contributed by atoms with Crippen molar-refractivity contribution in [1.82, 2.24) is 10.6 Å². The van der Waals surface area contributed by atoms with Gasteiger partial charge in [-0.3, -0.25) is 14.4 Å². The molecule has 24 heavy (non-hydrogen) atoms. The van der Waals surface area contributed by atoms with Gasteiger partial charge in [-0.2, -0.15) is 0 Å². The molecule has 0 aromatic heterocycles. The molecular weight excluding hydrogens is 316 g/mol. The number of primary amides is 1. The van der Waals surface area contributed by atoms with E-state index in [0.29, 0.717) is 0 Å². The van der Waals surface area contributed by atoms with Gasteiger partial charge in [0, 0.05) is 6.42 Å². The maximum absolute atomic E-state index is 12.3. The lowest BCUT2D eigenvalue weighted by molar-refractivity contribution is -0.142. The highest BCUT2D eigenvalue weighted by Gasteiger charge is 2.30. The fourth-order valence-corrected chi connectivity index (χ4v) is 1.89. The Kier molecular flexibility index (Phi) is 8.97. The Bertz CT molecular complexity index is 478. The largest absolute Gasteiger partial charge is 0.480 e. The highest BCUT2D eigenvalue weighted by atomic mass is 16.4. The third-order valence-electron chi connectivity index (χ3n) is 3.56. The first-order chi connectivity index (χ1) is 11.0. The van der Waals surface area contributed by atoms with E-state index in [-0.39, 0.29) is 24.7 Å². The van der Waals surface area contributed by atoms with Crippen molar-refractivity contribution in [2.45, 2.75) is 58.7 Å². The summed E-state index contributed by atoms with van der Waals surface area (Å²) in [7, 11) is 0. The highest BCUT2D eigenvalue weighted by molar-refractivity contribution is 5.92. The van der Waals surface area contributed by atoms with Gasteiger partial charge in [-0.15, -0.1) is 0 Å². The molecule has 7 N–H and O–H groups in total. The van der Waals surface area contributed by atoms with Crippen molar-refractivity contribution in [3.63, 3.8) is 0 Å². The van der Waals surface area contributed by atoms with Crippen LogP contribution in [0.4, 0.5) is 0 Å². The molecule has 0 aliphatic heterocycles. The fraction of sp³-hybridized carbons (Fsp3) is 0.733. The first kappa shape index (κ1) is 21.8. The topological polar surface area (TPSA) is 165 Å². The van der Waals surface area contributed by atoms with Crippen LogP contribution in [-0.2, 0) is 19.2 Å². The van der Waals surface area contributed by atoms with Crippen LogP contribution in [-0.4, -0.2) is 46.9 Å². The summed E-state index contributed by atoms with van der Waals surface area (Å²) >= 11 is 0. The number of aliphatic carboxylic acids is 1. The number of carbonyl (C=O) groups excluding carboxylic acids is 3. The van der Waals surface area contributed by atoms with Gasteiger partial charge in [0.25, 0.3) is 0 Å². The number of carbonyl (C=O) groups is 4. The molecule has 0 aromatic rings. The summed E-state index contributed by atoms with van der Waals surface area (Å²) in [6.07, 6.45) is -0.297. The molecule has 0 saturated heterocycles. The summed E-state index contributed by atoms with van der Waals surface area (Å²) in [5.41, 5.74) is 10.7. The van der Waals surface area contributed by atoms with Crippen molar-refractivity contribution >= 4 is 23.7 Å². The summed E-state index contributed by atoms with van der Waals surface area (Å²) in [4.78, 5) is 46.3. The van der Waals surface area contributed by atoms with E-state index in [1.165, 1.54) is 0 Å². The van der Waals surface area contributed by atoms with Crippen LogP contribution in [0.25, 0.3) is 0 Å². The average molecular weight is 344 g/mol. The summed E-state index contributed by atoms with van der Waals surface area (Å²) in [6.45, 7) is 6.98. The van der Waals surface area contributed by atoms with E-state index in [0.717, 1.165) is 0 Å². The van der Waals surface area contributed by atoms with Gasteiger partial charge in [-0.25, -0.2) is 4.79 Å². The predicted molar refractivity (Wildman–Crippen MR) is 87.6 cm³/mol. The van der Waals surface area contributed by atoms with Gasteiger partial charge in [0.1, 0.15) is 12.1 Å². The molecule has 0 rings (SSSR count). The molecular formula is C15H28N4O5. The molecule has 0 fully saturated rings. The van der Waals surface area contributed by atoms with E-state index in [1.807, 2.05) is 0 Å². The number of rotatable bonds is 10. The van der Waals surface area contributed by atoms with E-state index in [2.05, 4.69) is 10.6 Å². The molecule has 0 aliphatic rings. The zero-order valence-corrected chi connectivity index (χ0v) is 14.5. The molecule has 138 valence electrons. The molecule has 0 saturated carbocycles. The van der Waals surface area contributed by atoms with Crippen molar-refractivity contribution in [2.24, 2.45) is 23.3 Å². The van der Waals surface area contributed by atoms with Crippen LogP contribution in [0.3, 0.4) is 0 Å². The van der Waals surface area contributed by atoms with Crippen molar-refractivity contribution in [1.29, 1.82) is 0 Å². The lowest BCUT2D eigenvalue weighted by Gasteiger charge is -2.26. The van der Waals surface area contributed by atoms with E-state index >= 15 is 0 Å². The number of nitrogens with two attached hydrogens (primary N) is 2. The minimum absolute atomic E-state index is 0.108. The molecule has 0 radical (unpaired) electrons. The van der Waals surface area contributed by atoms with Crippen molar-refractivity contribution in [3.05, 3.63) is 0 Å². The second-order valence-corrected chi connectivity index (χ2v) is 6.40. The van der Waals surface area contributed by atoms with Gasteiger partial charge in [-0.1, -0.05) is 27.7 Å². The first-order valence-electron chi connectivity index (χ1n) is 7.84. The summed E-state index contributed by atoms with van der Waals surface area (Å²) in [5.74, 6) is -3.46. The van der Waals surface area contributed by atoms with Gasteiger partial charge < -0.3 is 27.2 Å². The van der Waals surface area contributed by atoms with Crippen LogP contribution < -0.4 is 22.1 Å². The van der Waals surface area contributed by atoms with Crippen LogP contribution in [0, 0.1) is 11.8 Å². The molecule has 3 atom stereocenters. The van der Waals surface area contributed by atoms with E-state index in [4.69, 9.17) is 16.6 Å². The average Bonchev–Trinajstić information content (AvgIpc) is 2.46. The lowest BCUT2D eigenvalue weighted by atomic mass is 9.99. The Balaban J connectivity index is 4.97. The van der Waals surface area contributed by atoms with E-state index < -0.39 is 41.8 Å². The highest BCUT2D eigenvalue weighted by Crippen LogP contribution is 2.06. The van der Waals surface area contributed by atoms with Crippen molar-refractivity contribution in [3.8, 4) is 0 Å². The van der Waals surface area contributed by atoms with Crippen LogP contribution >= 0.6 is 0 Å². The second kappa shape index (κ2) is 9.86. The predicted octanol–water partition coefficient (Wildman–Crippen LogP) is -1.05. The molecule has 9 heteroatoms. The summed E-state index contributed by atoms with van der Waals surface area (Å²) < 4.78 is 0. The molecule has 0 spiro atoms. The Morgan fingerprint density at radius 1 is 0.958 bits per heavy atom. The zero-order valence-electron chi connectivity index (χ0n) is 14.5. The smallest absolute Gasteiger partial charge is 0.326 e. The number of nitrogens with one attached hydrogen (secondary N) is 2. The van der Waals surface area contributed by atoms with Crippen LogP contribution in [0.15, 0.2) is 0 Å². The normalized spacial score (nSPS) is 14.8. The van der Waals surface area contributed by atoms with Gasteiger partial charge in [0.05, 0.1) is 6.04 Å². The maximum atomic E-state index is 12.3. The second-order valence-electron chi connectivity index (χ2n) is 6.40. The molecule has 0 bridgehead atoms. The number of carboxylic acids is 1. The van der Waals surface area contributed by atoms with Crippen molar-refractivity contribution < 1.29 is 24.3 Å².